The molecule has 0 bridgehead atoms. The number of aliphatic carboxylic acids is 1. The van der Waals surface area contributed by atoms with Gasteiger partial charge in [0.05, 0.1) is 24.3 Å². The highest BCUT2D eigenvalue weighted by Gasteiger charge is 2.36. The van der Waals surface area contributed by atoms with Gasteiger partial charge in [-0.3, -0.25) is 24.0 Å². The van der Waals surface area contributed by atoms with Gasteiger partial charge in [-0.25, -0.2) is 0 Å². The zero-order valence-electron chi connectivity index (χ0n) is 24.8. The number of rotatable bonds is 14. The minimum atomic E-state index is -1.20. The molecule has 1 saturated heterocycles. The SMILES string of the molecule is CC(C)NCC(=O)NC(C)C(=O)Nc1ccc(COC(=O)C(C)C)cc1OC1CC(O)CC(C(=O)N(C)CC(=O)O)O1. The fraction of sp³-hybridized carbons (Fsp3) is 0.607. The number of nitrogens with one attached hydrogen (secondary N) is 3. The number of likely N-dealkylation sites (N-methyl/N-ethyl adjacent to an activating group) is 1. The maximum atomic E-state index is 12.9. The Balaban J connectivity index is 2.23. The summed E-state index contributed by atoms with van der Waals surface area (Å²) in [5, 5.41) is 27.7. The normalized spacial score (nSPS) is 19.1. The van der Waals surface area contributed by atoms with Crippen LogP contribution in [0.2, 0.25) is 0 Å². The Hall–Kier alpha value is -3.75. The van der Waals surface area contributed by atoms with E-state index in [1.54, 1.807) is 19.9 Å². The van der Waals surface area contributed by atoms with E-state index < -0.39 is 54.8 Å². The van der Waals surface area contributed by atoms with Gasteiger partial charge in [0.25, 0.3) is 5.91 Å². The Labute approximate surface area is 245 Å². The summed E-state index contributed by atoms with van der Waals surface area (Å²) < 4.78 is 17.1. The number of ether oxygens (including phenoxy) is 3. The smallest absolute Gasteiger partial charge is 0.323 e. The summed E-state index contributed by atoms with van der Waals surface area (Å²) in [7, 11) is 1.31. The van der Waals surface area contributed by atoms with Gasteiger partial charge < -0.3 is 45.3 Å². The summed E-state index contributed by atoms with van der Waals surface area (Å²) in [6.45, 7) is 8.11. The van der Waals surface area contributed by atoms with E-state index in [4.69, 9.17) is 19.3 Å². The second-order valence-corrected chi connectivity index (χ2v) is 10.8. The molecule has 14 nitrogen and oxygen atoms in total. The van der Waals surface area contributed by atoms with Crippen molar-refractivity contribution in [3.05, 3.63) is 23.8 Å². The number of anilines is 1. The first kappa shape index (κ1) is 34.5. The maximum Gasteiger partial charge on any atom is 0.323 e. The van der Waals surface area contributed by atoms with Crippen LogP contribution in [0.1, 0.15) is 53.0 Å². The van der Waals surface area contributed by atoms with E-state index in [2.05, 4.69) is 16.0 Å². The zero-order chi connectivity index (χ0) is 31.6. The first-order valence-corrected chi connectivity index (χ1v) is 13.8. The molecule has 4 unspecified atom stereocenters. The summed E-state index contributed by atoms with van der Waals surface area (Å²) in [6, 6.07) is 3.87. The van der Waals surface area contributed by atoms with Gasteiger partial charge in [0, 0.05) is 25.9 Å². The van der Waals surface area contributed by atoms with Gasteiger partial charge in [-0.15, -0.1) is 0 Å². The molecule has 1 aliphatic heterocycles. The van der Waals surface area contributed by atoms with Crippen molar-refractivity contribution in [2.24, 2.45) is 5.92 Å². The van der Waals surface area contributed by atoms with Crippen LogP contribution in [-0.2, 0) is 40.1 Å². The molecule has 5 N–H and O–H groups in total. The van der Waals surface area contributed by atoms with E-state index >= 15 is 0 Å². The molecule has 2 rings (SSSR count). The number of esters is 1. The molecule has 1 aliphatic rings. The van der Waals surface area contributed by atoms with Gasteiger partial charge in [-0.2, -0.15) is 0 Å². The lowest BCUT2D eigenvalue weighted by atomic mass is 10.0. The standard InChI is InChI=1S/C28H42N4O10/c1-15(2)28(39)40-14-18-7-8-20(31-26(37)17(5)30-23(34)12-29-16(3)4)21(9-18)41-25-11-19(33)10-22(42-25)27(38)32(6)13-24(35)36/h7-9,15-17,19,22,25,29,33H,10-14H2,1-6H3,(H,30,34)(H,31,37)(H,35,36). The number of hydrogen-bond acceptors (Lipinski definition) is 10. The Morgan fingerprint density at radius 1 is 1.10 bits per heavy atom. The van der Waals surface area contributed by atoms with Crippen molar-refractivity contribution in [2.45, 2.75) is 84.6 Å². The number of nitrogens with zero attached hydrogens (tertiary/aromatic N) is 1. The molecule has 42 heavy (non-hydrogen) atoms. The monoisotopic (exact) mass is 594 g/mol. The van der Waals surface area contributed by atoms with E-state index in [1.807, 2.05) is 13.8 Å². The summed E-state index contributed by atoms with van der Waals surface area (Å²) in [5.41, 5.74) is 0.734. The first-order valence-electron chi connectivity index (χ1n) is 13.8. The molecule has 3 amide bonds. The Morgan fingerprint density at radius 2 is 1.79 bits per heavy atom. The highest BCUT2D eigenvalue weighted by atomic mass is 16.7. The minimum Gasteiger partial charge on any atom is -0.480 e. The molecule has 0 aliphatic carbocycles. The number of aliphatic hydroxyl groups is 1. The van der Waals surface area contributed by atoms with Gasteiger partial charge in [-0.1, -0.05) is 33.8 Å². The number of carbonyl (C=O) groups excluding carboxylic acids is 4. The zero-order valence-corrected chi connectivity index (χ0v) is 24.8. The van der Waals surface area contributed by atoms with E-state index in [1.165, 1.54) is 26.1 Å². The van der Waals surface area contributed by atoms with E-state index in [-0.39, 0.29) is 55.3 Å². The number of carboxylic acid groups (broad SMARTS) is 1. The van der Waals surface area contributed by atoms with Crippen LogP contribution in [-0.4, -0.2) is 95.5 Å². The van der Waals surface area contributed by atoms with E-state index in [9.17, 15) is 29.1 Å². The molecule has 0 aromatic heterocycles. The lowest BCUT2D eigenvalue weighted by molar-refractivity contribution is -0.190. The first-order chi connectivity index (χ1) is 19.7. The molecule has 0 saturated carbocycles. The molecule has 14 heteroatoms. The topological polar surface area (TPSA) is 193 Å². The summed E-state index contributed by atoms with van der Waals surface area (Å²) >= 11 is 0. The van der Waals surface area contributed by atoms with Crippen LogP contribution >= 0.6 is 0 Å². The Kier molecular flexibility index (Phi) is 13.2. The largest absolute Gasteiger partial charge is 0.480 e. The van der Waals surface area contributed by atoms with Crippen LogP contribution in [0.25, 0.3) is 0 Å². The molecule has 0 spiro atoms. The number of hydrogen-bond donors (Lipinski definition) is 5. The van der Waals surface area contributed by atoms with Crippen molar-refractivity contribution in [3.63, 3.8) is 0 Å². The average molecular weight is 595 g/mol. The van der Waals surface area contributed by atoms with Crippen LogP contribution < -0.4 is 20.7 Å². The molecule has 4 atom stereocenters. The lowest BCUT2D eigenvalue weighted by Crippen LogP contribution is -2.48. The van der Waals surface area contributed by atoms with Crippen LogP contribution in [0.5, 0.6) is 5.75 Å². The number of carbonyl (C=O) groups is 5. The fourth-order valence-corrected chi connectivity index (χ4v) is 3.84. The molecular weight excluding hydrogens is 552 g/mol. The van der Waals surface area contributed by atoms with Crippen LogP contribution in [0.15, 0.2) is 18.2 Å². The van der Waals surface area contributed by atoms with Crippen LogP contribution in [0.3, 0.4) is 0 Å². The van der Waals surface area contributed by atoms with Gasteiger partial charge in [-0.05, 0) is 24.6 Å². The van der Waals surface area contributed by atoms with E-state index in [0.717, 1.165) is 4.90 Å². The highest BCUT2D eigenvalue weighted by Crippen LogP contribution is 2.31. The molecule has 1 aromatic rings. The molecule has 1 heterocycles. The predicted molar refractivity (Wildman–Crippen MR) is 150 cm³/mol. The maximum absolute atomic E-state index is 12.9. The third-order valence-corrected chi connectivity index (χ3v) is 6.15. The quantitative estimate of drug-likeness (QED) is 0.190. The summed E-state index contributed by atoms with van der Waals surface area (Å²) in [6.07, 6.45) is -3.35. The number of aliphatic hydroxyl groups excluding tert-OH is 1. The number of benzene rings is 1. The van der Waals surface area contributed by atoms with Gasteiger partial charge in [0.2, 0.25) is 18.1 Å². The van der Waals surface area contributed by atoms with Crippen molar-refractivity contribution >= 4 is 35.3 Å². The number of amides is 3. The van der Waals surface area contributed by atoms with Crippen molar-refractivity contribution in [3.8, 4) is 5.75 Å². The molecule has 1 aromatic carbocycles. The average Bonchev–Trinajstić information content (AvgIpc) is 2.90. The summed E-state index contributed by atoms with van der Waals surface area (Å²) in [4.78, 5) is 61.8. The number of carboxylic acids is 1. The molecule has 0 radical (unpaired) electrons. The van der Waals surface area contributed by atoms with Crippen molar-refractivity contribution in [1.82, 2.24) is 15.5 Å². The van der Waals surface area contributed by atoms with Gasteiger partial charge >= 0.3 is 11.9 Å². The molecular formula is C28H42N4O10. The third-order valence-electron chi connectivity index (χ3n) is 6.15. The molecule has 1 fully saturated rings. The predicted octanol–water partition coefficient (Wildman–Crippen LogP) is 0.615. The minimum absolute atomic E-state index is 0.0122. The highest BCUT2D eigenvalue weighted by molar-refractivity contribution is 5.98. The third kappa shape index (κ3) is 11.3. The van der Waals surface area contributed by atoms with Gasteiger partial charge in [0.15, 0.2) is 0 Å². The van der Waals surface area contributed by atoms with Crippen molar-refractivity contribution < 1.29 is 48.4 Å². The second-order valence-electron chi connectivity index (χ2n) is 10.8. The van der Waals surface area contributed by atoms with Crippen molar-refractivity contribution in [1.29, 1.82) is 0 Å². The Morgan fingerprint density at radius 3 is 2.40 bits per heavy atom. The van der Waals surface area contributed by atoms with Gasteiger partial charge in [0.1, 0.15) is 31.0 Å². The van der Waals surface area contributed by atoms with Crippen LogP contribution in [0, 0.1) is 5.92 Å². The van der Waals surface area contributed by atoms with Crippen molar-refractivity contribution in [2.75, 3.05) is 25.5 Å². The second kappa shape index (κ2) is 16.0. The molecule has 234 valence electrons. The summed E-state index contributed by atoms with van der Waals surface area (Å²) in [5.74, 6) is -3.38. The fourth-order valence-electron chi connectivity index (χ4n) is 3.84. The van der Waals surface area contributed by atoms with E-state index in [0.29, 0.717) is 5.56 Å². The Bertz CT molecular complexity index is 1130. The lowest BCUT2D eigenvalue weighted by Gasteiger charge is -2.34. The van der Waals surface area contributed by atoms with Crippen LogP contribution in [0.4, 0.5) is 5.69 Å².